The zero-order valence-electron chi connectivity index (χ0n) is 11.9. The summed E-state index contributed by atoms with van der Waals surface area (Å²) < 4.78 is 0. The quantitative estimate of drug-likeness (QED) is 0.780. The molecule has 0 aliphatic carbocycles. The van der Waals surface area contributed by atoms with Gasteiger partial charge in [0.2, 0.25) is 0 Å². The molecule has 98 valence electrons. The Kier molecular flexibility index (Phi) is 3.79. The second-order valence-electron chi connectivity index (χ2n) is 5.15. The Morgan fingerprint density at radius 2 is 1.68 bits per heavy atom. The molecule has 0 spiro atoms. The lowest BCUT2D eigenvalue weighted by Gasteiger charge is -2.11. The van der Waals surface area contributed by atoms with Crippen LogP contribution < -0.4 is 0 Å². The molecule has 0 fully saturated rings. The third-order valence-corrected chi connectivity index (χ3v) is 3.45. The molecular formula is C17H19NO. The molecule has 2 heteroatoms. The second-order valence-corrected chi connectivity index (χ2v) is 5.15. The van der Waals surface area contributed by atoms with Crippen molar-refractivity contribution in [3.05, 3.63) is 64.0 Å². The maximum absolute atomic E-state index is 12.4. The van der Waals surface area contributed by atoms with Crippen LogP contribution in [0.25, 0.3) is 0 Å². The van der Waals surface area contributed by atoms with Crippen LogP contribution >= 0.6 is 0 Å². The molecule has 0 saturated heterocycles. The fourth-order valence-corrected chi connectivity index (χ4v) is 2.51. The van der Waals surface area contributed by atoms with Gasteiger partial charge in [-0.15, -0.1) is 0 Å². The predicted octanol–water partition coefficient (Wildman–Crippen LogP) is 3.74. The van der Waals surface area contributed by atoms with Crippen LogP contribution in [0.4, 0.5) is 0 Å². The summed E-state index contributed by atoms with van der Waals surface area (Å²) in [4.78, 5) is 16.6. The van der Waals surface area contributed by atoms with E-state index in [1.54, 1.807) is 6.20 Å². The number of carbonyl (C=O) groups is 1. The van der Waals surface area contributed by atoms with E-state index in [1.165, 1.54) is 16.7 Å². The third kappa shape index (κ3) is 2.90. The third-order valence-electron chi connectivity index (χ3n) is 3.45. The normalized spacial score (nSPS) is 10.5. The van der Waals surface area contributed by atoms with Crippen molar-refractivity contribution in [1.29, 1.82) is 0 Å². The summed E-state index contributed by atoms with van der Waals surface area (Å²) in [5.41, 5.74) is 6.25. The van der Waals surface area contributed by atoms with E-state index in [4.69, 9.17) is 0 Å². The second kappa shape index (κ2) is 5.35. The fraction of sp³-hybridized carbons (Fsp3) is 0.294. The monoisotopic (exact) mass is 253 g/mol. The van der Waals surface area contributed by atoms with Gasteiger partial charge in [-0.3, -0.25) is 9.78 Å². The van der Waals surface area contributed by atoms with Gasteiger partial charge in [0.1, 0.15) is 5.69 Å². The number of nitrogens with zero attached hydrogens (tertiary/aromatic N) is 1. The van der Waals surface area contributed by atoms with Crippen LogP contribution in [0.2, 0.25) is 0 Å². The molecule has 0 amide bonds. The van der Waals surface area contributed by atoms with Crippen molar-refractivity contribution in [1.82, 2.24) is 4.98 Å². The molecule has 0 atom stereocenters. The Bertz CT molecular complexity index is 606. The molecule has 1 aromatic heterocycles. The number of ketones is 1. The van der Waals surface area contributed by atoms with Crippen LogP contribution in [0.3, 0.4) is 0 Å². The minimum Gasteiger partial charge on any atom is -0.292 e. The van der Waals surface area contributed by atoms with Gasteiger partial charge >= 0.3 is 0 Å². The average Bonchev–Trinajstić information content (AvgIpc) is 2.34. The molecule has 2 nitrogen and oxygen atoms in total. The summed E-state index contributed by atoms with van der Waals surface area (Å²) in [6.45, 7) is 8.13. The zero-order chi connectivity index (χ0) is 14.0. The largest absolute Gasteiger partial charge is 0.292 e. The first kappa shape index (κ1) is 13.5. The highest BCUT2D eigenvalue weighted by atomic mass is 16.1. The van der Waals surface area contributed by atoms with Crippen LogP contribution in [-0.4, -0.2) is 10.8 Å². The molecule has 19 heavy (non-hydrogen) atoms. The number of aromatic nitrogens is 1. The van der Waals surface area contributed by atoms with E-state index in [9.17, 15) is 4.79 Å². The number of aryl methyl sites for hydroxylation is 4. The molecule has 0 saturated carbocycles. The Labute approximate surface area is 114 Å². The van der Waals surface area contributed by atoms with Gasteiger partial charge in [-0.2, -0.15) is 0 Å². The van der Waals surface area contributed by atoms with Crippen LogP contribution in [0.5, 0.6) is 0 Å². The summed E-state index contributed by atoms with van der Waals surface area (Å²) in [5, 5.41) is 0. The highest BCUT2D eigenvalue weighted by Crippen LogP contribution is 2.19. The molecule has 0 aliphatic heterocycles. The standard InChI is InChI=1S/C17H19NO/c1-11-8-13(3)15(14(4)9-11)10-16(19)17-12(2)6-5-7-18-17/h5-9H,10H2,1-4H3. The Hall–Kier alpha value is -1.96. The lowest BCUT2D eigenvalue weighted by Crippen LogP contribution is -2.10. The van der Waals surface area contributed by atoms with Gasteiger partial charge < -0.3 is 0 Å². The maximum atomic E-state index is 12.4. The van der Waals surface area contributed by atoms with E-state index in [2.05, 4.69) is 37.9 Å². The summed E-state index contributed by atoms with van der Waals surface area (Å²) in [5.74, 6) is 0.0909. The van der Waals surface area contributed by atoms with Gasteiger partial charge in [-0.1, -0.05) is 23.8 Å². The van der Waals surface area contributed by atoms with E-state index >= 15 is 0 Å². The molecule has 0 aliphatic rings. The number of pyridine rings is 1. The first-order valence-electron chi connectivity index (χ1n) is 6.50. The SMILES string of the molecule is Cc1cc(C)c(CC(=O)c2ncccc2C)c(C)c1. The Balaban J connectivity index is 2.32. The summed E-state index contributed by atoms with van der Waals surface area (Å²) in [7, 11) is 0. The van der Waals surface area contributed by atoms with Crippen molar-refractivity contribution in [2.75, 3.05) is 0 Å². The number of carbonyl (C=O) groups excluding carboxylic acids is 1. The molecule has 2 rings (SSSR count). The van der Waals surface area contributed by atoms with E-state index in [-0.39, 0.29) is 5.78 Å². The van der Waals surface area contributed by atoms with Crippen molar-refractivity contribution < 1.29 is 4.79 Å². The molecular weight excluding hydrogens is 234 g/mol. The number of benzene rings is 1. The minimum absolute atomic E-state index is 0.0909. The van der Waals surface area contributed by atoms with Crippen molar-refractivity contribution in [3.8, 4) is 0 Å². The number of Topliss-reactive ketones (excluding diaryl/α,β-unsaturated/α-hetero) is 1. The van der Waals surface area contributed by atoms with E-state index in [0.29, 0.717) is 12.1 Å². The highest BCUT2D eigenvalue weighted by Gasteiger charge is 2.14. The van der Waals surface area contributed by atoms with Gasteiger partial charge in [0, 0.05) is 12.6 Å². The van der Waals surface area contributed by atoms with E-state index in [0.717, 1.165) is 11.1 Å². The van der Waals surface area contributed by atoms with Crippen molar-refractivity contribution in [3.63, 3.8) is 0 Å². The van der Waals surface area contributed by atoms with Crippen molar-refractivity contribution >= 4 is 5.78 Å². The molecule has 0 radical (unpaired) electrons. The smallest absolute Gasteiger partial charge is 0.185 e. The van der Waals surface area contributed by atoms with Crippen LogP contribution in [0.15, 0.2) is 30.5 Å². The molecule has 0 N–H and O–H groups in total. The van der Waals surface area contributed by atoms with Crippen LogP contribution in [-0.2, 0) is 6.42 Å². The van der Waals surface area contributed by atoms with Gasteiger partial charge in [-0.25, -0.2) is 0 Å². The van der Waals surface area contributed by atoms with Gasteiger partial charge in [0.05, 0.1) is 0 Å². The Morgan fingerprint density at radius 1 is 1.05 bits per heavy atom. The maximum Gasteiger partial charge on any atom is 0.185 e. The van der Waals surface area contributed by atoms with Crippen molar-refractivity contribution in [2.45, 2.75) is 34.1 Å². The van der Waals surface area contributed by atoms with Crippen LogP contribution in [0, 0.1) is 27.7 Å². The summed E-state index contributed by atoms with van der Waals surface area (Å²) >= 11 is 0. The first-order valence-corrected chi connectivity index (χ1v) is 6.50. The predicted molar refractivity (Wildman–Crippen MR) is 77.7 cm³/mol. The van der Waals surface area contributed by atoms with Gasteiger partial charge in [0.15, 0.2) is 5.78 Å². The van der Waals surface area contributed by atoms with Gasteiger partial charge in [0.25, 0.3) is 0 Å². The summed E-state index contributed by atoms with van der Waals surface area (Å²) in [6.07, 6.45) is 2.10. The first-order chi connectivity index (χ1) is 8.99. The minimum atomic E-state index is 0.0909. The van der Waals surface area contributed by atoms with E-state index in [1.807, 2.05) is 19.1 Å². The lowest BCUT2D eigenvalue weighted by atomic mass is 9.94. The highest BCUT2D eigenvalue weighted by molar-refractivity contribution is 5.97. The average molecular weight is 253 g/mol. The molecule has 2 aromatic rings. The summed E-state index contributed by atoms with van der Waals surface area (Å²) in [6, 6.07) is 8.03. The van der Waals surface area contributed by atoms with E-state index < -0.39 is 0 Å². The molecule has 0 unspecified atom stereocenters. The van der Waals surface area contributed by atoms with Crippen LogP contribution in [0.1, 0.15) is 38.3 Å². The van der Waals surface area contributed by atoms with Crippen molar-refractivity contribution in [2.24, 2.45) is 0 Å². The number of hydrogen-bond donors (Lipinski definition) is 0. The lowest BCUT2D eigenvalue weighted by molar-refractivity contribution is 0.0987. The Morgan fingerprint density at radius 3 is 2.26 bits per heavy atom. The zero-order valence-corrected chi connectivity index (χ0v) is 11.9. The topological polar surface area (TPSA) is 30.0 Å². The fourth-order valence-electron chi connectivity index (χ4n) is 2.51. The molecule has 1 aromatic carbocycles. The molecule has 0 bridgehead atoms. The number of hydrogen-bond acceptors (Lipinski definition) is 2. The van der Waals surface area contributed by atoms with Gasteiger partial charge in [-0.05, 0) is 56.0 Å². The number of rotatable bonds is 3. The molecule has 1 heterocycles.